The molecule has 0 radical (unpaired) electrons. The lowest BCUT2D eigenvalue weighted by Gasteiger charge is -2.14. The number of halogens is 2. The lowest BCUT2D eigenvalue weighted by molar-refractivity contribution is 0.0951. The molecule has 1 fully saturated rings. The summed E-state index contributed by atoms with van der Waals surface area (Å²) in [5.74, 6) is -0.0132. The Morgan fingerprint density at radius 2 is 2.00 bits per heavy atom. The Hall–Kier alpha value is -0.390. The minimum absolute atomic E-state index is 0.0132. The van der Waals surface area contributed by atoms with Crippen molar-refractivity contribution in [1.29, 1.82) is 0 Å². The molecule has 1 aliphatic heterocycles. The number of carbonyl (C=O) groups is 1. The highest BCUT2D eigenvalue weighted by molar-refractivity contribution is 9.11. The predicted octanol–water partition coefficient (Wildman–Crippen LogP) is 3.43. The summed E-state index contributed by atoms with van der Waals surface area (Å²) >= 11 is 6.79. The fraction of sp³-hybridized carbons (Fsp3) is 0.500. The van der Waals surface area contributed by atoms with E-state index in [0.29, 0.717) is 5.56 Å². The number of carbonyl (C=O) groups excluding carboxylic acids is 1. The van der Waals surface area contributed by atoms with Crippen LogP contribution in [0.1, 0.15) is 29.6 Å². The highest BCUT2D eigenvalue weighted by Gasteiger charge is 2.12. The van der Waals surface area contributed by atoms with Crippen LogP contribution in [0.2, 0.25) is 0 Å². The Kier molecular flexibility index (Phi) is 5.85. The van der Waals surface area contributed by atoms with E-state index in [-0.39, 0.29) is 5.91 Å². The zero-order valence-electron chi connectivity index (χ0n) is 10.8. The summed E-state index contributed by atoms with van der Waals surface area (Å²) in [6.45, 7) is 4.25. The first-order valence-corrected chi connectivity index (χ1v) is 8.21. The van der Waals surface area contributed by atoms with Gasteiger partial charge in [0.25, 0.3) is 5.91 Å². The van der Waals surface area contributed by atoms with Gasteiger partial charge in [-0.25, -0.2) is 0 Å². The Labute approximate surface area is 131 Å². The minimum atomic E-state index is -0.0132. The van der Waals surface area contributed by atoms with Crippen LogP contribution in [-0.4, -0.2) is 37.0 Å². The number of likely N-dealkylation sites (tertiary alicyclic amines) is 1. The number of hydrogen-bond acceptors (Lipinski definition) is 2. The fourth-order valence-corrected chi connectivity index (χ4v) is 3.51. The van der Waals surface area contributed by atoms with Gasteiger partial charge in [-0.1, -0.05) is 15.9 Å². The SMILES string of the molecule is O=C(NCCCN1CCCC1)c1ccc(Br)cc1Br. The topological polar surface area (TPSA) is 32.3 Å². The van der Waals surface area contributed by atoms with Crippen LogP contribution in [0.5, 0.6) is 0 Å². The highest BCUT2D eigenvalue weighted by atomic mass is 79.9. The first-order chi connectivity index (χ1) is 9.16. The number of nitrogens with zero attached hydrogens (tertiary/aromatic N) is 1. The van der Waals surface area contributed by atoms with E-state index in [1.807, 2.05) is 18.2 Å². The fourth-order valence-electron chi connectivity index (χ4n) is 2.28. The smallest absolute Gasteiger partial charge is 0.252 e. The van der Waals surface area contributed by atoms with Crippen molar-refractivity contribution in [1.82, 2.24) is 10.2 Å². The third-order valence-corrected chi connectivity index (χ3v) is 4.46. The van der Waals surface area contributed by atoms with Crippen molar-refractivity contribution >= 4 is 37.8 Å². The van der Waals surface area contributed by atoms with Crippen LogP contribution >= 0.6 is 31.9 Å². The van der Waals surface area contributed by atoms with Gasteiger partial charge < -0.3 is 10.2 Å². The molecule has 1 N–H and O–H groups in total. The second-order valence-electron chi connectivity index (χ2n) is 4.78. The average molecular weight is 390 g/mol. The van der Waals surface area contributed by atoms with E-state index in [1.165, 1.54) is 25.9 Å². The second-order valence-corrected chi connectivity index (χ2v) is 6.55. The van der Waals surface area contributed by atoms with Crippen molar-refractivity contribution in [3.63, 3.8) is 0 Å². The van der Waals surface area contributed by atoms with Crippen molar-refractivity contribution in [2.24, 2.45) is 0 Å². The number of rotatable bonds is 5. The maximum absolute atomic E-state index is 12.0. The molecule has 0 aromatic heterocycles. The van der Waals surface area contributed by atoms with Gasteiger partial charge in [0, 0.05) is 15.5 Å². The first-order valence-electron chi connectivity index (χ1n) is 6.62. The lowest BCUT2D eigenvalue weighted by atomic mass is 10.2. The molecule has 1 aliphatic rings. The van der Waals surface area contributed by atoms with E-state index in [1.54, 1.807) is 0 Å². The van der Waals surface area contributed by atoms with Gasteiger partial charge in [0.05, 0.1) is 5.56 Å². The Morgan fingerprint density at radius 3 is 2.68 bits per heavy atom. The maximum atomic E-state index is 12.0. The van der Waals surface area contributed by atoms with Gasteiger partial charge in [-0.2, -0.15) is 0 Å². The minimum Gasteiger partial charge on any atom is -0.352 e. The number of hydrogen-bond donors (Lipinski definition) is 1. The first kappa shape index (κ1) is 15.0. The molecule has 5 heteroatoms. The van der Waals surface area contributed by atoms with E-state index in [0.717, 1.165) is 28.5 Å². The summed E-state index contributed by atoms with van der Waals surface area (Å²) in [5, 5.41) is 2.97. The molecule has 0 aliphatic carbocycles. The zero-order valence-corrected chi connectivity index (χ0v) is 14.0. The third kappa shape index (κ3) is 4.58. The van der Waals surface area contributed by atoms with Crippen LogP contribution in [0.15, 0.2) is 27.1 Å². The van der Waals surface area contributed by atoms with Crippen LogP contribution in [0.3, 0.4) is 0 Å². The lowest BCUT2D eigenvalue weighted by Crippen LogP contribution is -2.28. The average Bonchev–Trinajstić information content (AvgIpc) is 2.87. The molecule has 3 nitrogen and oxygen atoms in total. The van der Waals surface area contributed by atoms with E-state index in [9.17, 15) is 4.79 Å². The summed E-state index contributed by atoms with van der Waals surface area (Å²) < 4.78 is 1.78. The van der Waals surface area contributed by atoms with E-state index in [2.05, 4.69) is 42.1 Å². The van der Waals surface area contributed by atoms with E-state index in [4.69, 9.17) is 0 Å². The van der Waals surface area contributed by atoms with Gasteiger partial charge in [-0.05, 0) is 73.0 Å². The predicted molar refractivity (Wildman–Crippen MR) is 84.5 cm³/mol. The van der Waals surface area contributed by atoms with Crippen molar-refractivity contribution in [2.45, 2.75) is 19.3 Å². The van der Waals surface area contributed by atoms with Crippen LogP contribution in [-0.2, 0) is 0 Å². The number of amides is 1. The monoisotopic (exact) mass is 388 g/mol. The number of nitrogens with one attached hydrogen (secondary N) is 1. The summed E-state index contributed by atoms with van der Waals surface area (Å²) in [7, 11) is 0. The summed E-state index contributed by atoms with van der Waals surface area (Å²) in [6, 6.07) is 5.59. The maximum Gasteiger partial charge on any atom is 0.252 e. The Bertz CT molecular complexity index is 445. The zero-order chi connectivity index (χ0) is 13.7. The Balaban J connectivity index is 1.74. The molecule has 0 unspecified atom stereocenters. The second kappa shape index (κ2) is 7.41. The highest BCUT2D eigenvalue weighted by Crippen LogP contribution is 2.21. The molecule has 19 heavy (non-hydrogen) atoms. The molecule has 0 spiro atoms. The third-order valence-electron chi connectivity index (χ3n) is 3.31. The van der Waals surface area contributed by atoms with Gasteiger partial charge in [-0.3, -0.25) is 4.79 Å². The molecule has 1 aromatic carbocycles. The normalized spacial score (nSPS) is 15.7. The molecule has 1 heterocycles. The van der Waals surface area contributed by atoms with E-state index >= 15 is 0 Å². The molecule has 1 aromatic rings. The van der Waals surface area contributed by atoms with Gasteiger partial charge in [0.15, 0.2) is 0 Å². The molecule has 104 valence electrons. The van der Waals surface area contributed by atoms with Gasteiger partial charge in [0.1, 0.15) is 0 Å². The molecule has 2 rings (SSSR count). The van der Waals surface area contributed by atoms with Crippen LogP contribution < -0.4 is 5.32 Å². The molecular formula is C14H18Br2N2O. The van der Waals surface area contributed by atoms with Crippen LogP contribution in [0.25, 0.3) is 0 Å². The molecule has 0 bridgehead atoms. The standard InChI is InChI=1S/C14H18Br2N2O/c15-11-4-5-12(13(16)10-11)14(19)17-6-3-9-18-7-1-2-8-18/h4-5,10H,1-3,6-9H2,(H,17,19). The molecule has 0 atom stereocenters. The largest absolute Gasteiger partial charge is 0.352 e. The van der Waals surface area contributed by atoms with Crippen LogP contribution in [0, 0.1) is 0 Å². The molecule has 0 saturated carbocycles. The van der Waals surface area contributed by atoms with Crippen molar-refractivity contribution in [3.05, 3.63) is 32.7 Å². The summed E-state index contributed by atoms with van der Waals surface area (Å²) in [5.41, 5.74) is 0.685. The summed E-state index contributed by atoms with van der Waals surface area (Å²) in [4.78, 5) is 14.5. The quantitative estimate of drug-likeness (QED) is 0.782. The van der Waals surface area contributed by atoms with Crippen molar-refractivity contribution in [3.8, 4) is 0 Å². The molecule has 1 saturated heterocycles. The van der Waals surface area contributed by atoms with Gasteiger partial charge >= 0.3 is 0 Å². The Morgan fingerprint density at radius 1 is 1.26 bits per heavy atom. The van der Waals surface area contributed by atoms with Gasteiger partial charge in [0.2, 0.25) is 0 Å². The number of benzene rings is 1. The molecular weight excluding hydrogens is 372 g/mol. The van der Waals surface area contributed by atoms with Crippen LogP contribution in [0.4, 0.5) is 0 Å². The van der Waals surface area contributed by atoms with Crippen molar-refractivity contribution < 1.29 is 4.79 Å². The summed E-state index contributed by atoms with van der Waals surface area (Å²) in [6.07, 6.45) is 3.65. The van der Waals surface area contributed by atoms with Gasteiger partial charge in [-0.15, -0.1) is 0 Å². The van der Waals surface area contributed by atoms with E-state index < -0.39 is 0 Å². The molecule has 1 amide bonds. The van der Waals surface area contributed by atoms with Crippen molar-refractivity contribution in [2.75, 3.05) is 26.2 Å².